The Labute approximate surface area is 107 Å². The molecule has 1 saturated carbocycles. The Balaban J connectivity index is 2.21. The van der Waals surface area contributed by atoms with Crippen LogP contribution in [0.2, 0.25) is 0 Å². The van der Waals surface area contributed by atoms with Crippen LogP contribution in [0.5, 0.6) is 0 Å². The zero-order valence-corrected chi connectivity index (χ0v) is 12.2. The summed E-state index contributed by atoms with van der Waals surface area (Å²) >= 11 is 0. The van der Waals surface area contributed by atoms with E-state index in [9.17, 15) is 0 Å². The van der Waals surface area contributed by atoms with Crippen molar-refractivity contribution in [2.24, 2.45) is 23.7 Å². The number of allylic oxidation sites excluding steroid dienone is 2. The van der Waals surface area contributed by atoms with Crippen LogP contribution < -0.4 is 0 Å². The lowest BCUT2D eigenvalue weighted by Gasteiger charge is -2.54. The maximum atomic E-state index is 4.67. The Kier molecular flexibility index (Phi) is 3.68. The van der Waals surface area contributed by atoms with Crippen LogP contribution in [0.15, 0.2) is 11.6 Å². The van der Waals surface area contributed by atoms with Crippen LogP contribution >= 0.6 is 0 Å². The van der Waals surface area contributed by atoms with Gasteiger partial charge in [0.2, 0.25) is 0 Å². The van der Waals surface area contributed by atoms with E-state index in [4.69, 9.17) is 0 Å². The molecule has 2 aliphatic rings. The topological polar surface area (TPSA) is 14.1 Å². The summed E-state index contributed by atoms with van der Waals surface area (Å²) in [6.45, 7) is 9.49. The average molecular weight is 234 g/mol. The first-order chi connectivity index (χ1) is 7.97. The average Bonchev–Trinajstić information content (AvgIpc) is 2.29. The molecule has 17 heavy (non-hydrogen) atoms. The van der Waals surface area contributed by atoms with E-state index < -0.39 is 0 Å². The van der Waals surface area contributed by atoms with Gasteiger partial charge in [-0.15, -0.1) is 5.54 Å². The van der Waals surface area contributed by atoms with E-state index in [2.05, 4.69) is 39.1 Å². The SMILES string of the molecule is C[N-]C1(C)CCC2C(C)=CCC(C(C)C)C2C1. The molecule has 98 valence electrons. The number of nitrogens with zero attached hydrogens (tertiary/aromatic N) is 1. The monoisotopic (exact) mass is 234 g/mol. The first-order valence-corrected chi connectivity index (χ1v) is 7.24. The zero-order chi connectivity index (χ0) is 12.6. The molecule has 0 bridgehead atoms. The summed E-state index contributed by atoms with van der Waals surface area (Å²) in [5.74, 6) is 3.42. The molecule has 1 nitrogen and oxygen atoms in total. The van der Waals surface area contributed by atoms with Crippen LogP contribution in [0.3, 0.4) is 0 Å². The van der Waals surface area contributed by atoms with Gasteiger partial charge in [-0.1, -0.05) is 45.3 Å². The molecule has 0 saturated heterocycles. The van der Waals surface area contributed by atoms with Gasteiger partial charge in [0.1, 0.15) is 0 Å². The van der Waals surface area contributed by atoms with Crippen molar-refractivity contribution in [2.45, 2.75) is 58.9 Å². The Morgan fingerprint density at radius 1 is 1.41 bits per heavy atom. The molecule has 0 amide bonds. The van der Waals surface area contributed by atoms with Crippen molar-refractivity contribution in [3.8, 4) is 0 Å². The third kappa shape index (κ3) is 2.45. The molecular weight excluding hydrogens is 206 g/mol. The lowest BCUT2D eigenvalue weighted by atomic mass is 9.59. The molecular formula is C16H28N-. The van der Waals surface area contributed by atoms with Crippen LogP contribution in [-0.2, 0) is 0 Å². The molecule has 0 aliphatic heterocycles. The van der Waals surface area contributed by atoms with Crippen molar-refractivity contribution >= 4 is 0 Å². The molecule has 0 heterocycles. The summed E-state index contributed by atoms with van der Waals surface area (Å²) in [6.07, 6.45) is 7.74. The summed E-state index contributed by atoms with van der Waals surface area (Å²) in [5.41, 5.74) is 1.91. The molecule has 0 N–H and O–H groups in total. The fraction of sp³-hybridized carbons (Fsp3) is 0.875. The maximum Gasteiger partial charge on any atom is -0.0176 e. The van der Waals surface area contributed by atoms with Gasteiger partial charge in [-0.25, -0.2) is 0 Å². The standard InChI is InChI=1S/C16H28N/c1-11(2)13-7-6-12(3)14-8-9-16(4,17-5)10-15(13)14/h6,11,13-15H,7-10H2,1-5H3/q-1. The summed E-state index contributed by atoms with van der Waals surface area (Å²) in [6, 6.07) is 0. The van der Waals surface area contributed by atoms with Crippen molar-refractivity contribution in [3.05, 3.63) is 17.0 Å². The Morgan fingerprint density at radius 2 is 2.12 bits per heavy atom. The Morgan fingerprint density at radius 3 is 2.71 bits per heavy atom. The molecule has 1 fully saturated rings. The Bertz CT molecular complexity index is 305. The Hall–Kier alpha value is -0.300. The highest BCUT2D eigenvalue weighted by Crippen LogP contribution is 2.50. The van der Waals surface area contributed by atoms with Crippen LogP contribution in [0.1, 0.15) is 53.4 Å². The van der Waals surface area contributed by atoms with Crippen LogP contribution in [0.25, 0.3) is 5.32 Å². The number of hydrogen-bond acceptors (Lipinski definition) is 0. The first-order valence-electron chi connectivity index (χ1n) is 7.24. The van der Waals surface area contributed by atoms with Gasteiger partial charge in [-0.3, -0.25) is 0 Å². The first kappa shape index (κ1) is 13.1. The summed E-state index contributed by atoms with van der Waals surface area (Å²) in [5, 5.41) is 4.67. The normalized spacial score (nSPS) is 42.2. The van der Waals surface area contributed by atoms with Gasteiger partial charge in [0.05, 0.1) is 0 Å². The van der Waals surface area contributed by atoms with Gasteiger partial charge in [-0.05, 0) is 43.4 Å². The van der Waals surface area contributed by atoms with E-state index in [1.165, 1.54) is 25.7 Å². The minimum Gasteiger partial charge on any atom is -0.660 e. The number of hydrogen-bond donors (Lipinski definition) is 0. The lowest BCUT2D eigenvalue weighted by molar-refractivity contribution is 0.105. The van der Waals surface area contributed by atoms with E-state index in [0.29, 0.717) is 0 Å². The van der Waals surface area contributed by atoms with E-state index in [-0.39, 0.29) is 5.54 Å². The largest absolute Gasteiger partial charge is 0.660 e. The second kappa shape index (κ2) is 4.76. The van der Waals surface area contributed by atoms with Crippen LogP contribution in [-0.4, -0.2) is 12.6 Å². The fourth-order valence-corrected chi connectivity index (χ4v) is 4.07. The highest BCUT2D eigenvalue weighted by Gasteiger charge is 2.40. The van der Waals surface area contributed by atoms with Gasteiger partial charge < -0.3 is 5.32 Å². The second-order valence-electron chi connectivity index (χ2n) is 6.83. The second-order valence-corrected chi connectivity index (χ2v) is 6.83. The third-order valence-corrected chi connectivity index (χ3v) is 5.43. The van der Waals surface area contributed by atoms with E-state index in [0.717, 1.165) is 23.7 Å². The van der Waals surface area contributed by atoms with E-state index >= 15 is 0 Å². The molecule has 4 atom stereocenters. The highest BCUT2D eigenvalue weighted by atomic mass is 14.9. The van der Waals surface area contributed by atoms with E-state index in [1.807, 2.05) is 7.05 Å². The maximum absolute atomic E-state index is 4.67. The van der Waals surface area contributed by atoms with Crippen molar-refractivity contribution in [2.75, 3.05) is 7.05 Å². The van der Waals surface area contributed by atoms with Crippen LogP contribution in [0.4, 0.5) is 0 Å². The third-order valence-electron chi connectivity index (χ3n) is 5.43. The van der Waals surface area contributed by atoms with Crippen molar-refractivity contribution < 1.29 is 0 Å². The van der Waals surface area contributed by atoms with Crippen molar-refractivity contribution in [1.29, 1.82) is 0 Å². The summed E-state index contributed by atoms with van der Waals surface area (Å²) in [7, 11) is 2.01. The predicted molar refractivity (Wildman–Crippen MR) is 75.2 cm³/mol. The summed E-state index contributed by atoms with van der Waals surface area (Å²) in [4.78, 5) is 0. The quantitative estimate of drug-likeness (QED) is 0.610. The molecule has 2 aliphatic carbocycles. The minimum absolute atomic E-state index is 0.256. The molecule has 4 unspecified atom stereocenters. The van der Waals surface area contributed by atoms with Crippen molar-refractivity contribution in [3.63, 3.8) is 0 Å². The smallest absolute Gasteiger partial charge is 0.0176 e. The molecule has 0 spiro atoms. The highest BCUT2D eigenvalue weighted by molar-refractivity contribution is 5.17. The fourth-order valence-electron chi connectivity index (χ4n) is 4.07. The summed E-state index contributed by atoms with van der Waals surface area (Å²) < 4.78 is 0. The molecule has 1 heteroatoms. The predicted octanol–water partition coefficient (Wildman–Crippen LogP) is 4.79. The zero-order valence-electron chi connectivity index (χ0n) is 12.2. The molecule has 0 radical (unpaired) electrons. The van der Waals surface area contributed by atoms with Crippen molar-refractivity contribution in [1.82, 2.24) is 0 Å². The lowest BCUT2D eigenvalue weighted by Crippen LogP contribution is -2.42. The van der Waals surface area contributed by atoms with Gasteiger partial charge in [0.15, 0.2) is 0 Å². The van der Waals surface area contributed by atoms with Gasteiger partial charge in [0.25, 0.3) is 0 Å². The van der Waals surface area contributed by atoms with Crippen LogP contribution in [0, 0.1) is 23.7 Å². The van der Waals surface area contributed by atoms with Gasteiger partial charge in [0, 0.05) is 0 Å². The molecule has 0 aromatic rings. The number of rotatable bonds is 2. The van der Waals surface area contributed by atoms with Gasteiger partial charge in [-0.2, -0.15) is 7.05 Å². The van der Waals surface area contributed by atoms with Gasteiger partial charge >= 0.3 is 0 Å². The molecule has 0 aromatic heterocycles. The number of fused-ring (bicyclic) bond motifs is 1. The molecule has 2 rings (SSSR count). The molecule has 0 aromatic carbocycles. The minimum atomic E-state index is 0.256. The van der Waals surface area contributed by atoms with E-state index in [1.54, 1.807) is 5.57 Å².